The van der Waals surface area contributed by atoms with Crippen LogP contribution in [0.5, 0.6) is 5.75 Å². The topological polar surface area (TPSA) is 72.5 Å². The molecule has 0 radical (unpaired) electrons. The Balaban J connectivity index is 0.00000264. The molecular formula is C17H18NNaO3S. The van der Waals surface area contributed by atoms with Crippen molar-refractivity contribution in [3.8, 4) is 5.75 Å². The first-order chi connectivity index (χ1) is 10.4. The van der Waals surface area contributed by atoms with E-state index in [0.29, 0.717) is 21.7 Å². The number of aryl methyl sites for hydroxylation is 1. The molecule has 0 amide bonds. The van der Waals surface area contributed by atoms with Gasteiger partial charge in [0.05, 0.1) is 12.0 Å². The van der Waals surface area contributed by atoms with Crippen molar-refractivity contribution in [2.45, 2.75) is 13.0 Å². The zero-order valence-corrected chi connectivity index (χ0v) is 16.2. The summed E-state index contributed by atoms with van der Waals surface area (Å²) in [5, 5.41) is 9.08. The number of thiocarbonyl (C=S) groups is 1. The summed E-state index contributed by atoms with van der Waals surface area (Å²) in [5.41, 5.74) is 8.89. The van der Waals surface area contributed by atoms with Crippen molar-refractivity contribution in [3.05, 3.63) is 64.7 Å². The number of aliphatic carboxylic acids is 1. The molecule has 0 fully saturated rings. The molecule has 0 aromatic heterocycles. The monoisotopic (exact) mass is 339 g/mol. The molecule has 1 unspecified atom stereocenters. The summed E-state index contributed by atoms with van der Waals surface area (Å²) in [6.45, 7) is 2.00. The summed E-state index contributed by atoms with van der Waals surface area (Å²) in [5.74, 6) is -0.570. The van der Waals surface area contributed by atoms with Crippen LogP contribution in [0.1, 0.15) is 29.7 Å². The number of rotatable bonds is 5. The van der Waals surface area contributed by atoms with E-state index in [4.69, 9.17) is 27.8 Å². The van der Waals surface area contributed by atoms with Crippen LogP contribution in [-0.4, -0.2) is 23.1 Å². The first-order valence-electron chi connectivity index (χ1n) is 6.71. The number of methoxy groups -OCH3 is 1. The first kappa shape index (κ1) is 19.8. The summed E-state index contributed by atoms with van der Waals surface area (Å²) in [6, 6.07) is 11.8. The Labute approximate surface area is 164 Å². The standard InChI is InChI=1S/C17H17NO3S.Na.H/c1-10-3-5-11(6-4-10)16(22)13-7-12(15(18)17(19)20)8-14(9-13)21-2;;/h3-9,15H,18H2,1-2H3,(H,19,20);;/q;+1;-1. The minimum absolute atomic E-state index is 0. The quantitative estimate of drug-likeness (QED) is 0.455. The molecule has 0 saturated carbocycles. The largest absolute Gasteiger partial charge is 1.00 e. The molecular weight excluding hydrogens is 321 g/mol. The van der Waals surface area contributed by atoms with Crippen LogP contribution in [0.15, 0.2) is 42.5 Å². The van der Waals surface area contributed by atoms with Crippen molar-refractivity contribution < 1.29 is 45.6 Å². The molecule has 6 heteroatoms. The van der Waals surface area contributed by atoms with Gasteiger partial charge in [-0.1, -0.05) is 42.0 Å². The molecule has 1 atom stereocenters. The van der Waals surface area contributed by atoms with Crippen LogP contribution in [0.25, 0.3) is 0 Å². The molecule has 0 spiro atoms. The van der Waals surface area contributed by atoms with Gasteiger partial charge in [0.1, 0.15) is 11.8 Å². The van der Waals surface area contributed by atoms with Gasteiger partial charge in [-0.2, -0.15) is 0 Å². The van der Waals surface area contributed by atoms with Gasteiger partial charge in [0.15, 0.2) is 0 Å². The number of benzene rings is 2. The second-order valence-corrected chi connectivity index (χ2v) is 5.41. The molecule has 116 valence electrons. The zero-order valence-electron chi connectivity index (χ0n) is 14.4. The fraction of sp³-hybridized carbons (Fsp3) is 0.176. The number of hydrogen-bond donors (Lipinski definition) is 2. The van der Waals surface area contributed by atoms with Crippen molar-refractivity contribution in [1.82, 2.24) is 0 Å². The van der Waals surface area contributed by atoms with Crippen LogP contribution >= 0.6 is 12.2 Å². The molecule has 0 heterocycles. The summed E-state index contributed by atoms with van der Waals surface area (Å²) >= 11 is 5.51. The summed E-state index contributed by atoms with van der Waals surface area (Å²) in [6.07, 6.45) is 0. The Morgan fingerprint density at radius 1 is 1.22 bits per heavy atom. The van der Waals surface area contributed by atoms with Gasteiger partial charge in [-0.05, 0) is 41.8 Å². The smallest absolute Gasteiger partial charge is 1.00 e. The Kier molecular flexibility index (Phi) is 7.38. The Morgan fingerprint density at radius 3 is 2.35 bits per heavy atom. The van der Waals surface area contributed by atoms with Gasteiger partial charge in [0.2, 0.25) is 0 Å². The maximum absolute atomic E-state index is 11.1. The van der Waals surface area contributed by atoms with Crippen LogP contribution < -0.4 is 40.0 Å². The summed E-state index contributed by atoms with van der Waals surface area (Å²) in [4.78, 5) is 11.7. The number of carboxylic acid groups (broad SMARTS) is 1. The molecule has 0 aliphatic heterocycles. The van der Waals surface area contributed by atoms with E-state index >= 15 is 0 Å². The van der Waals surface area contributed by atoms with Crippen molar-refractivity contribution in [3.63, 3.8) is 0 Å². The fourth-order valence-electron chi connectivity index (χ4n) is 2.06. The molecule has 2 aromatic carbocycles. The first-order valence-corrected chi connectivity index (χ1v) is 7.12. The average molecular weight is 339 g/mol. The van der Waals surface area contributed by atoms with Gasteiger partial charge < -0.3 is 17.0 Å². The fourth-order valence-corrected chi connectivity index (χ4v) is 2.32. The molecule has 4 nitrogen and oxygen atoms in total. The van der Waals surface area contributed by atoms with Gasteiger partial charge in [-0.25, -0.2) is 0 Å². The molecule has 23 heavy (non-hydrogen) atoms. The predicted octanol–water partition coefficient (Wildman–Crippen LogP) is -0.0292. The number of nitrogens with two attached hydrogens (primary N) is 1. The van der Waals surface area contributed by atoms with Crippen LogP contribution in [0.2, 0.25) is 0 Å². The van der Waals surface area contributed by atoms with Gasteiger partial charge >= 0.3 is 35.5 Å². The average Bonchev–Trinajstić information content (AvgIpc) is 2.53. The predicted molar refractivity (Wildman–Crippen MR) is 90.7 cm³/mol. The summed E-state index contributed by atoms with van der Waals surface area (Å²) < 4.78 is 5.22. The van der Waals surface area contributed by atoms with E-state index in [2.05, 4.69) is 0 Å². The second-order valence-electron chi connectivity index (χ2n) is 5.01. The molecule has 0 aliphatic rings. The zero-order chi connectivity index (χ0) is 16.3. The van der Waals surface area contributed by atoms with Crippen LogP contribution in [0.3, 0.4) is 0 Å². The Morgan fingerprint density at radius 2 is 1.83 bits per heavy atom. The minimum atomic E-state index is -1.12. The minimum Gasteiger partial charge on any atom is -1.00 e. The van der Waals surface area contributed by atoms with E-state index in [-0.39, 0.29) is 31.0 Å². The Bertz CT molecular complexity index is 722. The van der Waals surface area contributed by atoms with Crippen molar-refractivity contribution >= 4 is 23.1 Å². The maximum Gasteiger partial charge on any atom is 1.00 e. The molecule has 3 N–H and O–H groups in total. The second kappa shape index (κ2) is 8.57. The van der Waals surface area contributed by atoms with E-state index in [9.17, 15) is 4.79 Å². The SMILES string of the molecule is COc1cc(C(=S)c2ccc(C)cc2)cc(C(N)C(=O)O)c1.[H-].[Na+]. The van der Waals surface area contributed by atoms with E-state index in [0.717, 1.165) is 11.1 Å². The third-order valence-electron chi connectivity index (χ3n) is 3.37. The van der Waals surface area contributed by atoms with Crippen molar-refractivity contribution in [2.24, 2.45) is 5.73 Å². The molecule has 2 aromatic rings. The number of ether oxygens (including phenoxy) is 1. The van der Waals surface area contributed by atoms with Gasteiger partial charge in [-0.3, -0.25) is 4.79 Å². The van der Waals surface area contributed by atoms with Crippen molar-refractivity contribution in [2.75, 3.05) is 7.11 Å². The number of carboxylic acids is 1. The van der Waals surface area contributed by atoms with E-state index in [1.165, 1.54) is 7.11 Å². The van der Waals surface area contributed by atoms with Crippen LogP contribution in [-0.2, 0) is 4.79 Å². The van der Waals surface area contributed by atoms with Crippen molar-refractivity contribution in [1.29, 1.82) is 0 Å². The van der Waals surface area contributed by atoms with Crippen LogP contribution in [0, 0.1) is 6.92 Å². The van der Waals surface area contributed by atoms with E-state index < -0.39 is 12.0 Å². The van der Waals surface area contributed by atoms with Gasteiger partial charge in [0, 0.05) is 0 Å². The normalized spacial score (nSPS) is 11.3. The number of carbonyl (C=O) groups is 1. The number of hydrogen-bond acceptors (Lipinski definition) is 4. The van der Waals surface area contributed by atoms with Gasteiger partial charge in [-0.15, -0.1) is 0 Å². The Hall–Kier alpha value is -1.24. The third-order valence-corrected chi connectivity index (χ3v) is 3.84. The van der Waals surface area contributed by atoms with Crippen LogP contribution in [0.4, 0.5) is 0 Å². The van der Waals surface area contributed by atoms with E-state index in [1.807, 2.05) is 31.2 Å². The summed E-state index contributed by atoms with van der Waals surface area (Å²) in [7, 11) is 1.52. The van der Waals surface area contributed by atoms with Gasteiger partial charge in [0.25, 0.3) is 0 Å². The maximum atomic E-state index is 11.1. The molecule has 0 aliphatic carbocycles. The molecule has 0 saturated heterocycles. The van der Waals surface area contributed by atoms with E-state index in [1.54, 1.807) is 18.2 Å². The molecule has 0 bridgehead atoms. The molecule has 2 rings (SSSR count). The third kappa shape index (κ3) is 4.86.